The van der Waals surface area contributed by atoms with Gasteiger partial charge in [-0.25, -0.2) is 0 Å². The van der Waals surface area contributed by atoms with Crippen molar-refractivity contribution in [3.63, 3.8) is 0 Å². The van der Waals surface area contributed by atoms with Gasteiger partial charge < -0.3 is 11.1 Å². The summed E-state index contributed by atoms with van der Waals surface area (Å²) < 4.78 is 0. The molecule has 3 nitrogen and oxygen atoms in total. The molecule has 1 amide bonds. The molecular formula is C14H26N2O. The third-order valence-electron chi connectivity index (χ3n) is 4.50. The summed E-state index contributed by atoms with van der Waals surface area (Å²) in [5.41, 5.74) is 5.66. The van der Waals surface area contributed by atoms with E-state index < -0.39 is 5.54 Å². The lowest BCUT2D eigenvalue weighted by Gasteiger charge is -2.35. The van der Waals surface area contributed by atoms with Crippen molar-refractivity contribution < 1.29 is 4.79 Å². The van der Waals surface area contributed by atoms with Crippen LogP contribution in [0, 0.1) is 17.8 Å². The summed E-state index contributed by atoms with van der Waals surface area (Å²) in [5.74, 6) is 2.12. The van der Waals surface area contributed by atoms with E-state index in [2.05, 4.69) is 19.2 Å². The van der Waals surface area contributed by atoms with Crippen LogP contribution in [0.3, 0.4) is 0 Å². The Hall–Kier alpha value is -0.570. The molecule has 2 aliphatic rings. The van der Waals surface area contributed by atoms with Crippen LogP contribution >= 0.6 is 0 Å². The van der Waals surface area contributed by atoms with Gasteiger partial charge in [0.25, 0.3) is 0 Å². The Bertz CT molecular complexity index is 288. The van der Waals surface area contributed by atoms with E-state index in [1.165, 1.54) is 19.3 Å². The fourth-order valence-corrected chi connectivity index (χ4v) is 3.06. The number of amides is 1. The molecule has 2 aliphatic carbocycles. The van der Waals surface area contributed by atoms with Crippen LogP contribution in [-0.2, 0) is 4.79 Å². The summed E-state index contributed by atoms with van der Waals surface area (Å²) in [6.07, 6.45) is 6.66. The van der Waals surface area contributed by atoms with Crippen molar-refractivity contribution in [2.24, 2.45) is 23.5 Å². The number of nitrogens with one attached hydrogen (secondary N) is 1. The summed E-state index contributed by atoms with van der Waals surface area (Å²) in [6, 6.07) is 0. The molecule has 0 saturated heterocycles. The highest BCUT2D eigenvalue weighted by Gasteiger charge is 2.38. The average Bonchev–Trinajstić information content (AvgIpc) is 3.08. The summed E-state index contributed by atoms with van der Waals surface area (Å²) in [6.45, 7) is 5.22. The minimum Gasteiger partial charge on any atom is -0.354 e. The molecule has 17 heavy (non-hydrogen) atoms. The second-order valence-electron chi connectivity index (χ2n) is 6.38. The molecule has 3 N–H and O–H groups in total. The van der Waals surface area contributed by atoms with Crippen LogP contribution < -0.4 is 11.1 Å². The lowest BCUT2D eigenvalue weighted by Crippen LogP contribution is -2.56. The Balaban J connectivity index is 1.81. The number of nitrogens with two attached hydrogens (primary N) is 1. The van der Waals surface area contributed by atoms with E-state index in [-0.39, 0.29) is 5.91 Å². The van der Waals surface area contributed by atoms with Crippen LogP contribution in [0.25, 0.3) is 0 Å². The largest absolute Gasteiger partial charge is 0.354 e. The van der Waals surface area contributed by atoms with Crippen LogP contribution in [0.1, 0.15) is 52.4 Å². The highest BCUT2D eigenvalue weighted by Crippen LogP contribution is 2.36. The highest BCUT2D eigenvalue weighted by molar-refractivity contribution is 5.86. The van der Waals surface area contributed by atoms with Gasteiger partial charge in [0.2, 0.25) is 5.91 Å². The van der Waals surface area contributed by atoms with E-state index in [4.69, 9.17) is 5.73 Å². The maximum absolute atomic E-state index is 12.2. The molecule has 0 aromatic rings. The van der Waals surface area contributed by atoms with Crippen molar-refractivity contribution in [1.82, 2.24) is 5.32 Å². The molecule has 0 aromatic heterocycles. The smallest absolute Gasteiger partial charge is 0.240 e. The summed E-state index contributed by atoms with van der Waals surface area (Å²) in [7, 11) is 0. The van der Waals surface area contributed by atoms with Crippen molar-refractivity contribution in [2.45, 2.75) is 57.9 Å². The zero-order valence-electron chi connectivity index (χ0n) is 11.2. The van der Waals surface area contributed by atoms with Gasteiger partial charge in [-0.2, -0.15) is 0 Å². The first-order valence-electron chi connectivity index (χ1n) is 7.08. The predicted octanol–water partition coefficient (Wildman–Crippen LogP) is 2.06. The number of hydrogen-bond donors (Lipinski definition) is 2. The summed E-state index contributed by atoms with van der Waals surface area (Å²) in [5, 5.41) is 3.07. The minimum atomic E-state index is -0.596. The van der Waals surface area contributed by atoms with Crippen LogP contribution in [0.4, 0.5) is 0 Å². The predicted molar refractivity (Wildman–Crippen MR) is 69.4 cm³/mol. The molecule has 3 atom stereocenters. The Labute approximate surface area is 105 Å². The van der Waals surface area contributed by atoms with Crippen LogP contribution in [-0.4, -0.2) is 18.0 Å². The van der Waals surface area contributed by atoms with Gasteiger partial charge in [0.1, 0.15) is 0 Å². The first-order chi connectivity index (χ1) is 8.01. The topological polar surface area (TPSA) is 55.1 Å². The first-order valence-corrected chi connectivity index (χ1v) is 7.08. The Morgan fingerprint density at radius 3 is 2.76 bits per heavy atom. The van der Waals surface area contributed by atoms with E-state index in [1.807, 2.05) is 0 Å². The lowest BCUT2D eigenvalue weighted by atomic mass is 9.76. The number of hydrogen-bond acceptors (Lipinski definition) is 2. The number of carbonyl (C=O) groups is 1. The fraction of sp³-hybridized carbons (Fsp3) is 0.929. The van der Waals surface area contributed by atoms with Gasteiger partial charge in [-0.05, 0) is 43.4 Å². The van der Waals surface area contributed by atoms with Crippen molar-refractivity contribution in [3.8, 4) is 0 Å². The lowest BCUT2D eigenvalue weighted by molar-refractivity contribution is -0.128. The molecule has 0 bridgehead atoms. The molecule has 0 radical (unpaired) electrons. The monoisotopic (exact) mass is 238 g/mol. The van der Waals surface area contributed by atoms with Gasteiger partial charge in [0.05, 0.1) is 5.54 Å². The third kappa shape index (κ3) is 3.21. The van der Waals surface area contributed by atoms with Crippen molar-refractivity contribution in [3.05, 3.63) is 0 Å². The van der Waals surface area contributed by atoms with Gasteiger partial charge in [-0.1, -0.05) is 26.7 Å². The SMILES string of the molecule is CC1CCCC(N)(C(=O)NCC(C)C2CC2)C1. The molecule has 0 heterocycles. The minimum absolute atomic E-state index is 0.0801. The van der Waals surface area contributed by atoms with Gasteiger partial charge in [0, 0.05) is 6.54 Å². The molecule has 3 heteroatoms. The second kappa shape index (κ2) is 4.97. The quantitative estimate of drug-likeness (QED) is 0.787. The average molecular weight is 238 g/mol. The second-order valence-corrected chi connectivity index (χ2v) is 6.38. The number of rotatable bonds is 4. The highest BCUT2D eigenvalue weighted by atomic mass is 16.2. The Morgan fingerprint density at radius 2 is 2.18 bits per heavy atom. The van der Waals surface area contributed by atoms with Crippen LogP contribution in [0.2, 0.25) is 0 Å². The van der Waals surface area contributed by atoms with Gasteiger partial charge >= 0.3 is 0 Å². The zero-order valence-corrected chi connectivity index (χ0v) is 11.2. The van der Waals surface area contributed by atoms with E-state index in [9.17, 15) is 4.79 Å². The fourth-order valence-electron chi connectivity index (χ4n) is 3.06. The molecule has 0 spiro atoms. The van der Waals surface area contributed by atoms with Crippen molar-refractivity contribution >= 4 is 5.91 Å². The molecule has 2 saturated carbocycles. The molecule has 0 aromatic carbocycles. The normalized spacial score (nSPS) is 35.4. The first kappa shape index (κ1) is 12.9. The molecule has 3 unspecified atom stereocenters. The Morgan fingerprint density at radius 1 is 1.47 bits per heavy atom. The molecule has 98 valence electrons. The van der Waals surface area contributed by atoms with E-state index >= 15 is 0 Å². The van der Waals surface area contributed by atoms with Gasteiger partial charge in [-0.3, -0.25) is 4.79 Å². The van der Waals surface area contributed by atoms with E-state index in [0.29, 0.717) is 11.8 Å². The summed E-state index contributed by atoms with van der Waals surface area (Å²) >= 11 is 0. The van der Waals surface area contributed by atoms with Gasteiger partial charge in [-0.15, -0.1) is 0 Å². The molecule has 2 rings (SSSR count). The summed E-state index contributed by atoms with van der Waals surface area (Å²) in [4.78, 5) is 12.2. The van der Waals surface area contributed by atoms with E-state index in [1.54, 1.807) is 0 Å². The maximum atomic E-state index is 12.2. The van der Waals surface area contributed by atoms with Crippen molar-refractivity contribution in [2.75, 3.05) is 6.54 Å². The standard InChI is InChI=1S/C14H26N2O/c1-10-4-3-7-14(15,8-10)13(17)16-9-11(2)12-5-6-12/h10-12H,3-9,15H2,1-2H3,(H,16,17). The molecular weight excluding hydrogens is 212 g/mol. The van der Waals surface area contributed by atoms with Gasteiger partial charge in [0.15, 0.2) is 0 Å². The third-order valence-corrected chi connectivity index (χ3v) is 4.50. The Kier molecular flexibility index (Phi) is 3.76. The maximum Gasteiger partial charge on any atom is 0.240 e. The number of carbonyl (C=O) groups excluding carboxylic acids is 1. The van der Waals surface area contributed by atoms with Crippen molar-refractivity contribution in [1.29, 1.82) is 0 Å². The van der Waals surface area contributed by atoms with Crippen LogP contribution in [0.5, 0.6) is 0 Å². The van der Waals surface area contributed by atoms with Crippen LogP contribution in [0.15, 0.2) is 0 Å². The molecule has 0 aliphatic heterocycles. The molecule has 2 fully saturated rings. The zero-order chi connectivity index (χ0) is 12.5. The van der Waals surface area contributed by atoms with E-state index in [0.717, 1.165) is 31.7 Å².